The fourth-order valence-corrected chi connectivity index (χ4v) is 3.38. The summed E-state index contributed by atoms with van der Waals surface area (Å²) >= 11 is 0. The van der Waals surface area contributed by atoms with Crippen LogP contribution in [0.3, 0.4) is 0 Å². The number of ether oxygens (including phenoxy) is 1. The third-order valence-electron chi connectivity index (χ3n) is 4.60. The molecule has 0 N–H and O–H groups in total. The lowest BCUT2D eigenvalue weighted by atomic mass is 9.86. The Balaban J connectivity index is 1.61. The van der Waals surface area contributed by atoms with Crippen LogP contribution in [-0.2, 0) is 4.74 Å². The molecule has 1 spiro atoms. The third-order valence-corrected chi connectivity index (χ3v) is 4.60. The minimum atomic E-state index is 0.149. The summed E-state index contributed by atoms with van der Waals surface area (Å²) in [4.78, 5) is 0. The number of allylic oxidation sites excluding steroid dienone is 1. The molecule has 0 bridgehead atoms. The Morgan fingerprint density at radius 1 is 1.30 bits per heavy atom. The Hall–Kier alpha value is -1.68. The van der Waals surface area contributed by atoms with Gasteiger partial charge >= 0.3 is 0 Å². The van der Waals surface area contributed by atoms with E-state index in [0.29, 0.717) is 0 Å². The molecule has 1 unspecified atom stereocenters. The number of nitrogens with zero attached hydrogens (tertiary/aromatic N) is 3. The molecule has 20 heavy (non-hydrogen) atoms. The van der Waals surface area contributed by atoms with Gasteiger partial charge in [0.1, 0.15) is 11.6 Å². The van der Waals surface area contributed by atoms with Gasteiger partial charge < -0.3 is 4.74 Å². The van der Waals surface area contributed by atoms with Gasteiger partial charge in [-0.1, -0.05) is 36.6 Å². The standard InChI is InChI=1S/C16H19N3O/c1-12(11-15-16(20-15)9-5-2-6-10-16)19-14-8-4-3-7-13(14)17-18-19/h3-4,7-8,11,15H,2,5-6,9-10H2,1H3. The predicted molar refractivity (Wildman–Crippen MR) is 78.2 cm³/mol. The number of benzene rings is 1. The monoisotopic (exact) mass is 269 g/mol. The van der Waals surface area contributed by atoms with Crippen LogP contribution in [0.5, 0.6) is 0 Å². The predicted octanol–water partition coefficient (Wildman–Crippen LogP) is 3.39. The van der Waals surface area contributed by atoms with Crippen molar-refractivity contribution in [3.63, 3.8) is 0 Å². The molecule has 1 saturated heterocycles. The number of fused-ring (bicyclic) bond motifs is 1. The van der Waals surface area contributed by atoms with E-state index in [2.05, 4.69) is 29.4 Å². The van der Waals surface area contributed by atoms with Gasteiger partial charge in [0.15, 0.2) is 0 Å². The second-order valence-corrected chi connectivity index (χ2v) is 5.96. The van der Waals surface area contributed by atoms with Crippen LogP contribution in [0.4, 0.5) is 0 Å². The van der Waals surface area contributed by atoms with Crippen LogP contribution in [-0.4, -0.2) is 26.7 Å². The van der Waals surface area contributed by atoms with Gasteiger partial charge in [-0.15, -0.1) is 5.10 Å². The summed E-state index contributed by atoms with van der Waals surface area (Å²) in [6.45, 7) is 2.08. The van der Waals surface area contributed by atoms with Gasteiger partial charge in [0, 0.05) is 5.70 Å². The molecular formula is C16H19N3O. The molecule has 1 aromatic carbocycles. The number of epoxide rings is 1. The first-order chi connectivity index (χ1) is 9.78. The zero-order valence-corrected chi connectivity index (χ0v) is 11.7. The molecule has 104 valence electrons. The maximum atomic E-state index is 5.99. The summed E-state index contributed by atoms with van der Waals surface area (Å²) < 4.78 is 7.90. The summed E-state index contributed by atoms with van der Waals surface area (Å²) in [7, 11) is 0. The molecule has 4 nitrogen and oxygen atoms in total. The molecule has 2 heterocycles. The second kappa shape index (κ2) is 4.42. The molecule has 1 aliphatic heterocycles. The highest BCUT2D eigenvalue weighted by atomic mass is 16.6. The van der Waals surface area contributed by atoms with E-state index in [0.717, 1.165) is 16.7 Å². The van der Waals surface area contributed by atoms with Crippen molar-refractivity contribution in [1.82, 2.24) is 15.0 Å². The summed E-state index contributed by atoms with van der Waals surface area (Å²) in [5.41, 5.74) is 3.24. The number of rotatable bonds is 2. The lowest BCUT2D eigenvalue weighted by molar-refractivity contribution is 0.235. The molecule has 1 atom stereocenters. The van der Waals surface area contributed by atoms with Gasteiger partial charge in [0.25, 0.3) is 0 Å². The normalized spacial score (nSPS) is 25.2. The molecule has 0 radical (unpaired) electrons. The Bertz CT molecular complexity index is 667. The van der Waals surface area contributed by atoms with E-state index in [9.17, 15) is 0 Å². The molecule has 2 fully saturated rings. The van der Waals surface area contributed by atoms with Gasteiger partial charge in [-0.25, -0.2) is 4.68 Å². The fourth-order valence-electron chi connectivity index (χ4n) is 3.38. The Kier molecular flexibility index (Phi) is 2.67. The summed E-state index contributed by atoms with van der Waals surface area (Å²) in [5, 5.41) is 8.46. The van der Waals surface area contributed by atoms with Crippen molar-refractivity contribution in [2.24, 2.45) is 0 Å². The molecule has 1 aromatic heterocycles. The minimum Gasteiger partial charge on any atom is -0.362 e. The quantitative estimate of drug-likeness (QED) is 0.785. The Labute approximate surface area is 118 Å². The van der Waals surface area contributed by atoms with Crippen molar-refractivity contribution < 1.29 is 4.74 Å². The van der Waals surface area contributed by atoms with Gasteiger partial charge in [0.05, 0.1) is 11.1 Å². The highest BCUT2D eigenvalue weighted by Crippen LogP contribution is 2.49. The van der Waals surface area contributed by atoms with Crippen LogP contribution < -0.4 is 0 Å². The number of hydrogen-bond donors (Lipinski definition) is 0. The average Bonchev–Trinajstić information content (AvgIpc) is 2.96. The van der Waals surface area contributed by atoms with Crippen LogP contribution in [0.1, 0.15) is 39.0 Å². The Morgan fingerprint density at radius 3 is 2.95 bits per heavy atom. The van der Waals surface area contributed by atoms with Crippen molar-refractivity contribution in [3.05, 3.63) is 30.3 Å². The first-order valence-electron chi connectivity index (χ1n) is 7.46. The van der Waals surface area contributed by atoms with Crippen LogP contribution in [0.25, 0.3) is 16.7 Å². The second-order valence-electron chi connectivity index (χ2n) is 5.96. The van der Waals surface area contributed by atoms with Crippen molar-refractivity contribution in [1.29, 1.82) is 0 Å². The van der Waals surface area contributed by atoms with E-state index in [1.165, 1.54) is 32.1 Å². The van der Waals surface area contributed by atoms with Crippen LogP contribution in [0.2, 0.25) is 0 Å². The van der Waals surface area contributed by atoms with Crippen molar-refractivity contribution >= 4 is 16.7 Å². The molecular weight excluding hydrogens is 250 g/mol. The summed E-state index contributed by atoms with van der Waals surface area (Å²) in [6.07, 6.45) is 8.86. The number of para-hydroxylation sites is 1. The van der Waals surface area contributed by atoms with E-state index < -0.39 is 0 Å². The van der Waals surface area contributed by atoms with Gasteiger partial charge in [-0.2, -0.15) is 0 Å². The molecule has 2 aromatic rings. The summed E-state index contributed by atoms with van der Waals surface area (Å²) in [6, 6.07) is 8.05. The van der Waals surface area contributed by atoms with E-state index in [1.807, 2.05) is 22.9 Å². The first-order valence-corrected chi connectivity index (χ1v) is 7.46. The molecule has 2 aliphatic rings. The summed E-state index contributed by atoms with van der Waals surface area (Å²) in [5.74, 6) is 0. The van der Waals surface area contributed by atoms with Crippen LogP contribution >= 0.6 is 0 Å². The number of hydrogen-bond acceptors (Lipinski definition) is 3. The van der Waals surface area contributed by atoms with Crippen molar-refractivity contribution in [2.45, 2.75) is 50.7 Å². The van der Waals surface area contributed by atoms with E-state index >= 15 is 0 Å². The first kappa shape index (κ1) is 12.1. The van der Waals surface area contributed by atoms with Gasteiger partial charge in [-0.3, -0.25) is 0 Å². The largest absolute Gasteiger partial charge is 0.362 e. The van der Waals surface area contributed by atoms with Crippen LogP contribution in [0, 0.1) is 0 Å². The van der Waals surface area contributed by atoms with Crippen molar-refractivity contribution in [2.75, 3.05) is 0 Å². The molecule has 4 heteroatoms. The minimum absolute atomic E-state index is 0.149. The SMILES string of the molecule is CC(=CC1OC12CCCCC2)n1nnc2ccccc21. The average molecular weight is 269 g/mol. The molecule has 1 aliphatic carbocycles. The molecule has 1 saturated carbocycles. The Morgan fingerprint density at radius 2 is 2.10 bits per heavy atom. The van der Waals surface area contributed by atoms with Gasteiger partial charge in [-0.05, 0) is 38.0 Å². The smallest absolute Gasteiger partial charge is 0.113 e. The maximum absolute atomic E-state index is 5.99. The van der Waals surface area contributed by atoms with Gasteiger partial charge in [0.2, 0.25) is 0 Å². The van der Waals surface area contributed by atoms with Crippen molar-refractivity contribution in [3.8, 4) is 0 Å². The van der Waals surface area contributed by atoms with Crippen LogP contribution in [0.15, 0.2) is 30.3 Å². The highest BCUT2D eigenvalue weighted by Gasteiger charge is 2.54. The van der Waals surface area contributed by atoms with E-state index in [4.69, 9.17) is 4.74 Å². The molecule has 4 rings (SSSR count). The zero-order chi connectivity index (χ0) is 13.6. The fraction of sp³-hybridized carbons (Fsp3) is 0.500. The zero-order valence-electron chi connectivity index (χ0n) is 11.7. The number of aromatic nitrogens is 3. The lowest BCUT2D eigenvalue weighted by Gasteiger charge is -2.17. The topological polar surface area (TPSA) is 43.2 Å². The highest BCUT2D eigenvalue weighted by molar-refractivity contribution is 5.77. The molecule has 0 amide bonds. The van der Waals surface area contributed by atoms with E-state index in [-0.39, 0.29) is 11.7 Å². The third kappa shape index (κ3) is 1.86. The lowest BCUT2D eigenvalue weighted by Crippen LogP contribution is -2.18. The van der Waals surface area contributed by atoms with E-state index in [1.54, 1.807) is 0 Å². The maximum Gasteiger partial charge on any atom is 0.113 e.